The van der Waals surface area contributed by atoms with Crippen LogP contribution in [0.3, 0.4) is 0 Å². The molecule has 0 saturated heterocycles. The molecule has 0 spiro atoms. The maximum Gasteiger partial charge on any atom is -0.0348 e. The monoisotopic (exact) mass is 165 g/mol. The summed E-state index contributed by atoms with van der Waals surface area (Å²) >= 11 is 0. The molecule has 0 nitrogen and oxygen atoms in total. The second-order valence-corrected chi connectivity index (χ2v) is 4.01. The fourth-order valence-electron chi connectivity index (χ4n) is 1.99. The highest BCUT2D eigenvalue weighted by Gasteiger charge is 2.14. The Morgan fingerprint density at radius 2 is 2.08 bits per heavy atom. The van der Waals surface area contributed by atoms with E-state index in [1.165, 1.54) is 32.1 Å². The van der Waals surface area contributed by atoms with Crippen LogP contribution in [0.5, 0.6) is 0 Å². The quantitative estimate of drug-likeness (QED) is 0.543. The summed E-state index contributed by atoms with van der Waals surface area (Å²) in [6.45, 7) is 6.35. The zero-order chi connectivity index (χ0) is 8.81. The molecule has 2 unspecified atom stereocenters. The first-order valence-corrected chi connectivity index (χ1v) is 5.29. The van der Waals surface area contributed by atoms with E-state index in [-0.39, 0.29) is 0 Å². The van der Waals surface area contributed by atoms with Crippen molar-refractivity contribution in [3.8, 4) is 0 Å². The van der Waals surface area contributed by atoms with E-state index in [1.807, 2.05) is 0 Å². The van der Waals surface area contributed by atoms with E-state index in [0.717, 1.165) is 18.3 Å². The van der Waals surface area contributed by atoms with E-state index in [9.17, 15) is 0 Å². The Hall–Kier alpha value is -0.260. The van der Waals surface area contributed by atoms with Crippen LogP contribution in [0.1, 0.15) is 45.4 Å². The predicted octanol–water partition coefficient (Wildman–Crippen LogP) is 3.98. The molecule has 0 amide bonds. The summed E-state index contributed by atoms with van der Waals surface area (Å²) < 4.78 is 0. The van der Waals surface area contributed by atoms with Gasteiger partial charge in [0.2, 0.25) is 0 Å². The molecule has 0 aliphatic heterocycles. The van der Waals surface area contributed by atoms with E-state index in [0.29, 0.717) is 0 Å². The average Bonchev–Trinajstić information content (AvgIpc) is 2.02. The van der Waals surface area contributed by atoms with E-state index < -0.39 is 0 Å². The lowest BCUT2D eigenvalue weighted by Crippen LogP contribution is -2.11. The Labute approximate surface area is 77.1 Å². The lowest BCUT2D eigenvalue weighted by molar-refractivity contribution is 0.309. The van der Waals surface area contributed by atoms with Gasteiger partial charge < -0.3 is 0 Å². The second-order valence-electron chi connectivity index (χ2n) is 4.01. The minimum atomic E-state index is 0.830. The van der Waals surface area contributed by atoms with Gasteiger partial charge in [0, 0.05) is 0 Å². The summed E-state index contributed by atoms with van der Waals surface area (Å²) in [7, 11) is 0. The Morgan fingerprint density at radius 1 is 1.33 bits per heavy atom. The summed E-state index contributed by atoms with van der Waals surface area (Å²) in [6.07, 6.45) is 12.6. The third kappa shape index (κ3) is 3.00. The Morgan fingerprint density at radius 3 is 2.83 bits per heavy atom. The van der Waals surface area contributed by atoms with Gasteiger partial charge in [-0.05, 0) is 43.9 Å². The van der Waals surface area contributed by atoms with Gasteiger partial charge in [-0.1, -0.05) is 32.4 Å². The van der Waals surface area contributed by atoms with Crippen LogP contribution >= 0.6 is 0 Å². The predicted molar refractivity (Wildman–Crippen MR) is 54.9 cm³/mol. The van der Waals surface area contributed by atoms with Gasteiger partial charge in [-0.15, -0.1) is 0 Å². The van der Waals surface area contributed by atoms with Gasteiger partial charge in [0.05, 0.1) is 0 Å². The zero-order valence-electron chi connectivity index (χ0n) is 8.26. The highest BCUT2D eigenvalue weighted by molar-refractivity contribution is 4.85. The van der Waals surface area contributed by atoms with Crippen LogP contribution in [0, 0.1) is 18.8 Å². The molecule has 12 heavy (non-hydrogen) atoms. The SMILES string of the molecule is [CH2]CC(C)C1CCC=CCCC1. The molecule has 0 aromatic carbocycles. The van der Waals surface area contributed by atoms with Crippen molar-refractivity contribution in [2.75, 3.05) is 0 Å². The molecular weight excluding hydrogens is 144 g/mol. The van der Waals surface area contributed by atoms with Gasteiger partial charge in [0.1, 0.15) is 0 Å². The molecule has 0 bridgehead atoms. The Kier molecular flexibility index (Phi) is 4.42. The van der Waals surface area contributed by atoms with Crippen LogP contribution < -0.4 is 0 Å². The first-order chi connectivity index (χ1) is 5.84. The van der Waals surface area contributed by atoms with Gasteiger partial charge in [0.15, 0.2) is 0 Å². The van der Waals surface area contributed by atoms with Crippen molar-refractivity contribution < 1.29 is 0 Å². The van der Waals surface area contributed by atoms with Crippen LogP contribution in [0.4, 0.5) is 0 Å². The van der Waals surface area contributed by atoms with E-state index in [1.54, 1.807) is 0 Å². The molecule has 2 atom stereocenters. The first-order valence-electron chi connectivity index (χ1n) is 5.29. The van der Waals surface area contributed by atoms with E-state index >= 15 is 0 Å². The average molecular weight is 165 g/mol. The fourth-order valence-corrected chi connectivity index (χ4v) is 1.99. The van der Waals surface area contributed by atoms with Crippen LogP contribution in [-0.2, 0) is 0 Å². The maximum atomic E-state index is 4.00. The van der Waals surface area contributed by atoms with E-state index in [2.05, 4.69) is 26.0 Å². The number of allylic oxidation sites excluding steroid dienone is 2. The third-order valence-corrected chi connectivity index (χ3v) is 3.08. The van der Waals surface area contributed by atoms with E-state index in [4.69, 9.17) is 0 Å². The number of rotatable bonds is 2. The van der Waals surface area contributed by atoms with Gasteiger partial charge in [0.25, 0.3) is 0 Å². The molecule has 0 N–H and O–H groups in total. The van der Waals surface area contributed by atoms with Crippen LogP contribution in [0.2, 0.25) is 0 Å². The number of hydrogen-bond donors (Lipinski definition) is 0. The molecule has 0 fully saturated rings. The van der Waals surface area contributed by atoms with Gasteiger partial charge in [-0.3, -0.25) is 0 Å². The molecule has 1 aliphatic carbocycles. The third-order valence-electron chi connectivity index (χ3n) is 3.08. The highest BCUT2D eigenvalue weighted by Crippen LogP contribution is 2.27. The minimum absolute atomic E-state index is 0.830. The molecule has 1 radical (unpaired) electrons. The molecule has 1 aliphatic rings. The van der Waals surface area contributed by atoms with Gasteiger partial charge in [-0.25, -0.2) is 0 Å². The van der Waals surface area contributed by atoms with Crippen LogP contribution in [0.15, 0.2) is 12.2 Å². The fraction of sp³-hybridized carbons (Fsp3) is 0.750. The summed E-state index contributed by atoms with van der Waals surface area (Å²) in [5, 5.41) is 0. The molecule has 0 aromatic heterocycles. The Balaban J connectivity index is 2.36. The standard InChI is InChI=1S/C12H21/c1-3-11(2)12-9-7-5-4-6-8-10-12/h4-5,11-12H,1,3,6-10H2,2H3. The zero-order valence-corrected chi connectivity index (χ0v) is 8.26. The maximum absolute atomic E-state index is 4.00. The van der Waals surface area contributed by atoms with Crippen molar-refractivity contribution in [1.29, 1.82) is 0 Å². The summed E-state index contributed by atoms with van der Waals surface area (Å²) in [5.41, 5.74) is 0. The van der Waals surface area contributed by atoms with Crippen LogP contribution in [0.25, 0.3) is 0 Å². The van der Waals surface area contributed by atoms with Crippen molar-refractivity contribution in [3.05, 3.63) is 19.1 Å². The van der Waals surface area contributed by atoms with Crippen molar-refractivity contribution in [3.63, 3.8) is 0 Å². The molecule has 0 aromatic rings. The lowest BCUT2D eigenvalue weighted by Gasteiger charge is -2.23. The summed E-state index contributed by atoms with van der Waals surface area (Å²) in [4.78, 5) is 0. The number of hydrogen-bond acceptors (Lipinski definition) is 0. The molecule has 1 rings (SSSR count). The smallest absolute Gasteiger partial charge is 0.0348 e. The molecular formula is C12H21. The van der Waals surface area contributed by atoms with Crippen molar-refractivity contribution in [2.24, 2.45) is 11.8 Å². The first kappa shape index (κ1) is 9.83. The van der Waals surface area contributed by atoms with Gasteiger partial charge in [-0.2, -0.15) is 0 Å². The lowest BCUT2D eigenvalue weighted by atomic mass is 9.83. The van der Waals surface area contributed by atoms with Crippen molar-refractivity contribution >= 4 is 0 Å². The largest absolute Gasteiger partial charge is 0.0885 e. The normalized spacial score (nSPS) is 27.7. The second kappa shape index (κ2) is 5.40. The summed E-state index contributed by atoms with van der Waals surface area (Å²) in [5.74, 6) is 1.77. The van der Waals surface area contributed by atoms with Gasteiger partial charge >= 0.3 is 0 Å². The van der Waals surface area contributed by atoms with Crippen LogP contribution in [-0.4, -0.2) is 0 Å². The highest BCUT2D eigenvalue weighted by atomic mass is 14.2. The molecule has 69 valence electrons. The molecule has 0 heteroatoms. The van der Waals surface area contributed by atoms with Crippen molar-refractivity contribution in [2.45, 2.75) is 45.4 Å². The molecule has 0 saturated carbocycles. The topological polar surface area (TPSA) is 0 Å². The minimum Gasteiger partial charge on any atom is -0.0885 e. The molecule has 0 heterocycles. The van der Waals surface area contributed by atoms with Crippen molar-refractivity contribution in [1.82, 2.24) is 0 Å². The Bertz CT molecular complexity index is 135. The summed E-state index contributed by atoms with van der Waals surface area (Å²) in [6, 6.07) is 0.